The van der Waals surface area contributed by atoms with Crippen LogP contribution >= 0.6 is 38.9 Å². The van der Waals surface area contributed by atoms with Crippen LogP contribution in [0.3, 0.4) is 0 Å². The van der Waals surface area contributed by atoms with E-state index in [0.29, 0.717) is 10.7 Å². The molecule has 0 atom stereocenters. The van der Waals surface area contributed by atoms with Crippen molar-refractivity contribution in [1.29, 1.82) is 0 Å². The van der Waals surface area contributed by atoms with Crippen molar-refractivity contribution in [2.45, 2.75) is 10.6 Å². The minimum Gasteiger partial charge on any atom is -0.326 e. The Bertz CT molecular complexity index is 741. The van der Waals surface area contributed by atoms with E-state index in [4.69, 9.17) is 11.6 Å². The Kier molecular flexibility index (Phi) is 5.43. The van der Waals surface area contributed by atoms with Gasteiger partial charge >= 0.3 is 0 Å². The molecule has 0 fully saturated rings. The van der Waals surface area contributed by atoms with Gasteiger partial charge in [0.25, 0.3) is 0 Å². The quantitative estimate of drug-likeness (QED) is 0.814. The van der Waals surface area contributed by atoms with Gasteiger partial charge in [-0.3, -0.25) is 4.79 Å². The zero-order valence-corrected chi connectivity index (χ0v) is 14.7. The maximum Gasteiger partial charge on any atom is 0.225 e. The molecule has 4 nitrogen and oxygen atoms in total. The van der Waals surface area contributed by atoms with E-state index in [1.165, 1.54) is 6.07 Å². The lowest BCUT2D eigenvalue weighted by atomic mass is 10.3. The number of carbonyl (C=O) groups is 1. The van der Waals surface area contributed by atoms with Crippen molar-refractivity contribution in [3.8, 4) is 0 Å². The predicted molar refractivity (Wildman–Crippen MR) is 88.8 cm³/mol. The number of amides is 1. The number of halogens is 2. The van der Waals surface area contributed by atoms with Gasteiger partial charge in [-0.2, -0.15) is 0 Å². The number of nitrogens with one attached hydrogen (secondary N) is 1. The van der Waals surface area contributed by atoms with Crippen molar-refractivity contribution in [2.24, 2.45) is 0 Å². The summed E-state index contributed by atoms with van der Waals surface area (Å²) < 4.78 is 25.1. The largest absolute Gasteiger partial charge is 0.326 e. The highest BCUT2D eigenvalue weighted by atomic mass is 79.9. The average molecular weight is 409 g/mol. The van der Waals surface area contributed by atoms with Gasteiger partial charge in [-0.25, -0.2) is 8.42 Å². The normalized spacial score (nSPS) is 11.3. The van der Waals surface area contributed by atoms with Gasteiger partial charge in [0.2, 0.25) is 5.91 Å². The van der Waals surface area contributed by atoms with Gasteiger partial charge in [0.05, 0.1) is 9.54 Å². The summed E-state index contributed by atoms with van der Waals surface area (Å²) in [6, 6.07) is 9.82. The molecule has 0 radical (unpaired) electrons. The second kappa shape index (κ2) is 6.91. The van der Waals surface area contributed by atoms with Crippen LogP contribution in [0.25, 0.3) is 0 Å². The molecule has 2 aromatic rings. The summed E-state index contributed by atoms with van der Waals surface area (Å²) >= 11 is 10.1. The standard InChI is InChI=1S/C13H11BrClNO3S2/c14-11-5-6-13(20-11)21(18,19)8-7-12(17)16-10-3-1-9(15)2-4-10/h1-6H,7-8H2,(H,16,17). The van der Waals surface area contributed by atoms with Crippen LogP contribution in [0.1, 0.15) is 6.42 Å². The van der Waals surface area contributed by atoms with Crippen LogP contribution in [0.4, 0.5) is 5.69 Å². The van der Waals surface area contributed by atoms with E-state index in [0.717, 1.165) is 15.1 Å². The number of rotatable bonds is 5. The molecule has 2 rings (SSSR count). The summed E-state index contributed by atoms with van der Waals surface area (Å²) in [7, 11) is -3.43. The molecule has 21 heavy (non-hydrogen) atoms. The van der Waals surface area contributed by atoms with Crippen molar-refractivity contribution in [3.63, 3.8) is 0 Å². The molecule has 1 N–H and O–H groups in total. The lowest BCUT2D eigenvalue weighted by molar-refractivity contribution is -0.115. The van der Waals surface area contributed by atoms with E-state index >= 15 is 0 Å². The van der Waals surface area contributed by atoms with Crippen LogP contribution in [-0.2, 0) is 14.6 Å². The van der Waals surface area contributed by atoms with Gasteiger partial charge in [0.1, 0.15) is 4.21 Å². The fraction of sp³-hybridized carbons (Fsp3) is 0.154. The Labute approximate surface area is 140 Å². The third-order valence-electron chi connectivity index (χ3n) is 2.58. The summed E-state index contributed by atoms with van der Waals surface area (Å²) in [4.78, 5) is 11.8. The molecular weight excluding hydrogens is 398 g/mol. The molecule has 1 heterocycles. The molecule has 112 valence electrons. The Hall–Kier alpha value is -0.890. The molecule has 0 aliphatic carbocycles. The summed E-state index contributed by atoms with van der Waals surface area (Å²) in [6.45, 7) is 0. The van der Waals surface area contributed by atoms with Gasteiger partial charge in [-0.15, -0.1) is 11.3 Å². The van der Waals surface area contributed by atoms with Gasteiger partial charge in [-0.05, 0) is 52.3 Å². The van der Waals surface area contributed by atoms with Crippen LogP contribution in [0, 0.1) is 0 Å². The zero-order chi connectivity index (χ0) is 15.5. The second-order valence-electron chi connectivity index (χ2n) is 4.18. The molecule has 1 aromatic heterocycles. The van der Waals surface area contributed by atoms with Crippen molar-refractivity contribution >= 4 is 60.3 Å². The van der Waals surface area contributed by atoms with Crippen LogP contribution in [0.5, 0.6) is 0 Å². The highest BCUT2D eigenvalue weighted by Crippen LogP contribution is 2.27. The average Bonchev–Trinajstić information content (AvgIpc) is 2.87. The summed E-state index contributed by atoms with van der Waals surface area (Å²) in [6.07, 6.45) is -0.0967. The molecule has 0 saturated heterocycles. The Morgan fingerprint density at radius 1 is 1.19 bits per heavy atom. The van der Waals surface area contributed by atoms with Gasteiger partial charge < -0.3 is 5.32 Å². The number of hydrogen-bond acceptors (Lipinski definition) is 4. The van der Waals surface area contributed by atoms with E-state index < -0.39 is 9.84 Å². The number of hydrogen-bond donors (Lipinski definition) is 1. The van der Waals surface area contributed by atoms with Crippen LogP contribution in [0.2, 0.25) is 5.02 Å². The SMILES string of the molecule is O=C(CCS(=O)(=O)c1ccc(Br)s1)Nc1ccc(Cl)cc1. The molecular formula is C13H11BrClNO3S2. The predicted octanol–water partition coefficient (Wildman–Crippen LogP) is 3.97. The highest BCUT2D eigenvalue weighted by molar-refractivity contribution is 9.11. The van der Waals surface area contributed by atoms with Crippen molar-refractivity contribution < 1.29 is 13.2 Å². The first-order valence-electron chi connectivity index (χ1n) is 5.90. The maximum atomic E-state index is 12.0. The van der Waals surface area contributed by atoms with Crippen molar-refractivity contribution in [2.75, 3.05) is 11.1 Å². The Morgan fingerprint density at radius 2 is 1.86 bits per heavy atom. The summed E-state index contributed by atoms with van der Waals surface area (Å²) in [5, 5.41) is 3.20. The van der Waals surface area contributed by atoms with E-state index in [1.807, 2.05) is 0 Å². The molecule has 1 amide bonds. The third-order valence-corrected chi connectivity index (χ3v) is 6.75. The molecule has 0 spiro atoms. The Balaban J connectivity index is 1.93. The van der Waals surface area contributed by atoms with Gasteiger partial charge in [-0.1, -0.05) is 11.6 Å². The third kappa shape index (κ3) is 4.81. The van der Waals surface area contributed by atoms with E-state index in [1.54, 1.807) is 30.3 Å². The lowest BCUT2D eigenvalue weighted by Crippen LogP contribution is -2.16. The first-order chi connectivity index (χ1) is 9.87. The minimum absolute atomic E-state index is 0.0967. The summed E-state index contributed by atoms with van der Waals surface area (Å²) in [5.74, 6) is -0.573. The van der Waals surface area contributed by atoms with E-state index in [2.05, 4.69) is 21.2 Å². The van der Waals surface area contributed by atoms with Crippen LogP contribution < -0.4 is 5.32 Å². The first kappa shape index (κ1) is 16.5. The molecule has 8 heteroatoms. The number of sulfone groups is 1. The van der Waals surface area contributed by atoms with Crippen LogP contribution in [-0.4, -0.2) is 20.1 Å². The lowest BCUT2D eigenvalue weighted by Gasteiger charge is -2.05. The fourth-order valence-corrected chi connectivity index (χ4v) is 5.07. The summed E-state index contributed by atoms with van der Waals surface area (Å²) in [5.41, 5.74) is 0.584. The maximum absolute atomic E-state index is 12.0. The van der Waals surface area contributed by atoms with Gasteiger partial charge in [0, 0.05) is 17.1 Å². The second-order valence-corrected chi connectivity index (χ2v) is 9.42. The smallest absolute Gasteiger partial charge is 0.225 e. The fourth-order valence-electron chi connectivity index (χ4n) is 1.55. The number of carbonyl (C=O) groups excluding carboxylic acids is 1. The molecule has 0 saturated carbocycles. The molecule has 0 aliphatic heterocycles. The van der Waals surface area contributed by atoms with Crippen molar-refractivity contribution in [3.05, 3.63) is 45.2 Å². The highest BCUT2D eigenvalue weighted by Gasteiger charge is 2.18. The topological polar surface area (TPSA) is 63.2 Å². The van der Waals surface area contributed by atoms with Crippen molar-refractivity contribution in [1.82, 2.24) is 0 Å². The minimum atomic E-state index is -3.43. The number of anilines is 1. The molecule has 1 aromatic carbocycles. The first-order valence-corrected chi connectivity index (χ1v) is 9.54. The molecule has 0 unspecified atom stereocenters. The van der Waals surface area contributed by atoms with E-state index in [9.17, 15) is 13.2 Å². The number of benzene rings is 1. The zero-order valence-electron chi connectivity index (χ0n) is 10.7. The molecule has 0 aliphatic rings. The Morgan fingerprint density at radius 3 is 2.43 bits per heavy atom. The van der Waals surface area contributed by atoms with Gasteiger partial charge in [0.15, 0.2) is 9.84 Å². The van der Waals surface area contributed by atoms with Crippen LogP contribution in [0.15, 0.2) is 44.4 Å². The number of thiophene rings is 1. The van der Waals surface area contributed by atoms with E-state index in [-0.39, 0.29) is 22.3 Å². The molecule has 0 bridgehead atoms. The monoisotopic (exact) mass is 407 g/mol.